The van der Waals surface area contributed by atoms with Gasteiger partial charge in [-0.2, -0.15) is 0 Å². The molecule has 0 unspecified atom stereocenters. The average molecular weight is 572 g/mol. The number of nitro groups is 1. The number of carbonyl (C=O) groups is 1. The van der Waals surface area contributed by atoms with Crippen molar-refractivity contribution >= 4 is 40.3 Å². The topological polar surface area (TPSA) is 123 Å². The Morgan fingerprint density at radius 2 is 1.98 bits per heavy atom. The molecule has 2 atom stereocenters. The number of carbonyl (C=O) groups excluding carboxylic acids is 1. The van der Waals surface area contributed by atoms with Crippen molar-refractivity contribution in [3.05, 3.63) is 100 Å². The third-order valence-corrected chi connectivity index (χ3v) is 7.26. The maximum atomic E-state index is 12.3. The van der Waals surface area contributed by atoms with Crippen LogP contribution in [0.2, 0.25) is 0 Å². The number of hydrogen-bond donors (Lipinski definition) is 2. The second-order valence-electron chi connectivity index (χ2n) is 9.98. The molecule has 1 saturated heterocycles. The number of anilines is 2. The number of non-ortho nitro benzene ring substituents is 1. The highest BCUT2D eigenvalue weighted by molar-refractivity contribution is 7.80. The number of thiocarbonyl (C=S) groups is 1. The van der Waals surface area contributed by atoms with Crippen LogP contribution in [0.3, 0.4) is 0 Å². The molecule has 4 aromatic rings. The minimum absolute atomic E-state index is 0.0583. The average Bonchev–Trinajstić information content (AvgIpc) is 3.58. The van der Waals surface area contributed by atoms with Gasteiger partial charge in [-0.3, -0.25) is 19.9 Å². The van der Waals surface area contributed by atoms with Gasteiger partial charge in [0.05, 0.1) is 35.4 Å². The minimum Gasteiger partial charge on any atom is -0.496 e. The zero-order valence-electron chi connectivity index (χ0n) is 23.0. The number of nitrogens with one attached hydrogen (secondary N) is 2. The van der Waals surface area contributed by atoms with E-state index < -0.39 is 11.0 Å². The zero-order chi connectivity index (χ0) is 29.3. The molecule has 1 fully saturated rings. The lowest BCUT2D eigenvalue weighted by molar-refractivity contribution is -0.384. The van der Waals surface area contributed by atoms with E-state index >= 15 is 0 Å². The molecule has 0 spiro atoms. The van der Waals surface area contributed by atoms with Crippen molar-refractivity contribution in [2.24, 2.45) is 5.92 Å². The molecule has 10 nitrogen and oxygen atoms in total. The molecule has 2 aromatic heterocycles. The first-order valence-electron chi connectivity index (χ1n) is 13.0. The van der Waals surface area contributed by atoms with Crippen molar-refractivity contribution in [3.8, 4) is 17.1 Å². The van der Waals surface area contributed by atoms with Crippen LogP contribution in [-0.2, 0) is 4.79 Å². The van der Waals surface area contributed by atoms with Gasteiger partial charge in [0.2, 0.25) is 5.91 Å². The number of amides is 1. The lowest BCUT2D eigenvalue weighted by atomic mass is 10.0. The first-order valence-corrected chi connectivity index (χ1v) is 13.4. The molecule has 5 rings (SSSR count). The van der Waals surface area contributed by atoms with E-state index in [2.05, 4.69) is 15.6 Å². The maximum absolute atomic E-state index is 12.3. The SMILES string of the molecule is COc1cc([N+](=O)[O-])ccc1-c1ccc([C@@H]2[C@H](c3ccccn3)NC(=S)N2c2ccc(NC(=O)C(C)C)c(C)c2)o1. The summed E-state index contributed by atoms with van der Waals surface area (Å²) in [4.78, 5) is 29.7. The fourth-order valence-electron chi connectivity index (χ4n) is 4.79. The quantitative estimate of drug-likeness (QED) is 0.142. The van der Waals surface area contributed by atoms with Gasteiger partial charge in [0.25, 0.3) is 5.69 Å². The number of aryl methyl sites for hydroxylation is 1. The highest BCUT2D eigenvalue weighted by Crippen LogP contribution is 2.44. The summed E-state index contributed by atoms with van der Waals surface area (Å²) in [5, 5.41) is 18.1. The Bertz CT molecular complexity index is 1620. The number of aromatic nitrogens is 1. The van der Waals surface area contributed by atoms with Gasteiger partial charge in [0.1, 0.15) is 23.3 Å². The van der Waals surface area contributed by atoms with Crippen LogP contribution in [0.15, 0.2) is 77.3 Å². The molecule has 0 bridgehead atoms. The molecule has 0 radical (unpaired) electrons. The molecule has 210 valence electrons. The van der Waals surface area contributed by atoms with E-state index in [0.717, 1.165) is 22.6 Å². The number of rotatable bonds is 8. The van der Waals surface area contributed by atoms with Crippen LogP contribution in [0, 0.1) is 23.0 Å². The van der Waals surface area contributed by atoms with Crippen molar-refractivity contribution < 1.29 is 18.9 Å². The smallest absolute Gasteiger partial charge is 0.273 e. The van der Waals surface area contributed by atoms with E-state index in [4.69, 9.17) is 21.4 Å². The summed E-state index contributed by atoms with van der Waals surface area (Å²) in [5.41, 5.74) is 3.72. The fourth-order valence-corrected chi connectivity index (χ4v) is 5.14. The number of ether oxygens (including phenoxy) is 1. The van der Waals surface area contributed by atoms with Gasteiger partial charge < -0.3 is 24.7 Å². The standard InChI is InChI=1S/C30H29N5O5S/c1-17(2)29(36)32-22-11-9-19(15-18(22)3)34-28(27(33-30(34)41)23-7-5-6-14-31-23)25-13-12-24(40-25)21-10-8-20(35(37)38)16-26(21)39-4/h5-17,27-28H,1-4H3,(H,32,36)(H,33,41)/t27-,28+/m0/s1. The number of methoxy groups -OCH3 is 1. The number of nitrogens with zero attached hydrogens (tertiary/aromatic N) is 3. The van der Waals surface area contributed by atoms with Crippen molar-refractivity contribution in [3.63, 3.8) is 0 Å². The highest BCUT2D eigenvalue weighted by atomic mass is 32.1. The zero-order valence-corrected chi connectivity index (χ0v) is 23.8. The molecule has 0 aliphatic carbocycles. The molecule has 41 heavy (non-hydrogen) atoms. The second kappa shape index (κ2) is 11.4. The van der Waals surface area contributed by atoms with Crippen molar-refractivity contribution in [1.82, 2.24) is 10.3 Å². The molecule has 1 aliphatic heterocycles. The molecular formula is C30H29N5O5S. The number of benzene rings is 2. The van der Waals surface area contributed by atoms with E-state index in [-0.39, 0.29) is 23.6 Å². The van der Waals surface area contributed by atoms with E-state index in [9.17, 15) is 14.9 Å². The predicted octanol–water partition coefficient (Wildman–Crippen LogP) is 6.34. The van der Waals surface area contributed by atoms with Gasteiger partial charge in [-0.05, 0) is 73.2 Å². The Labute approximate surface area is 242 Å². The number of nitro benzene ring substituents is 1. The van der Waals surface area contributed by atoms with Crippen molar-refractivity contribution in [2.45, 2.75) is 32.9 Å². The molecule has 2 aromatic carbocycles. The Kier molecular flexibility index (Phi) is 7.71. The summed E-state index contributed by atoms with van der Waals surface area (Å²) >= 11 is 5.83. The Morgan fingerprint density at radius 3 is 2.63 bits per heavy atom. The van der Waals surface area contributed by atoms with E-state index in [1.54, 1.807) is 12.3 Å². The Balaban J connectivity index is 1.56. The minimum atomic E-state index is -0.470. The van der Waals surface area contributed by atoms with E-state index in [0.29, 0.717) is 27.9 Å². The Hall–Kier alpha value is -4.77. The number of furan rings is 1. The van der Waals surface area contributed by atoms with Crippen molar-refractivity contribution in [1.29, 1.82) is 0 Å². The summed E-state index contributed by atoms with van der Waals surface area (Å²) in [7, 11) is 1.46. The van der Waals surface area contributed by atoms with Crippen LogP contribution in [0.25, 0.3) is 11.3 Å². The summed E-state index contributed by atoms with van der Waals surface area (Å²) in [5.74, 6) is 1.23. The lowest BCUT2D eigenvalue weighted by Crippen LogP contribution is -2.29. The van der Waals surface area contributed by atoms with Crippen LogP contribution in [-0.4, -0.2) is 28.0 Å². The second-order valence-corrected chi connectivity index (χ2v) is 10.4. The molecule has 2 N–H and O–H groups in total. The van der Waals surface area contributed by atoms with Gasteiger partial charge in [0, 0.05) is 29.6 Å². The first kappa shape index (κ1) is 27.8. The van der Waals surface area contributed by atoms with Gasteiger partial charge in [0.15, 0.2) is 5.11 Å². The van der Waals surface area contributed by atoms with E-state index in [1.165, 1.54) is 19.2 Å². The molecular weight excluding hydrogens is 542 g/mol. The first-order chi connectivity index (χ1) is 19.7. The number of pyridine rings is 1. The third-order valence-electron chi connectivity index (χ3n) is 6.95. The Morgan fingerprint density at radius 1 is 1.17 bits per heavy atom. The van der Waals surface area contributed by atoms with Crippen LogP contribution >= 0.6 is 12.2 Å². The van der Waals surface area contributed by atoms with Gasteiger partial charge >= 0.3 is 0 Å². The predicted molar refractivity (Wildman–Crippen MR) is 160 cm³/mol. The molecule has 1 aliphatic rings. The largest absolute Gasteiger partial charge is 0.496 e. The summed E-state index contributed by atoms with van der Waals surface area (Å²) in [6.07, 6.45) is 1.73. The summed E-state index contributed by atoms with van der Waals surface area (Å²) in [6, 6.07) is 18.8. The highest BCUT2D eigenvalue weighted by Gasteiger charge is 2.42. The van der Waals surface area contributed by atoms with Crippen LogP contribution in [0.1, 0.15) is 42.9 Å². The van der Waals surface area contributed by atoms with Crippen LogP contribution < -0.4 is 20.3 Å². The molecule has 3 heterocycles. The van der Waals surface area contributed by atoms with Crippen LogP contribution in [0.5, 0.6) is 5.75 Å². The summed E-state index contributed by atoms with van der Waals surface area (Å²) < 4.78 is 11.8. The lowest BCUT2D eigenvalue weighted by Gasteiger charge is -2.27. The maximum Gasteiger partial charge on any atom is 0.273 e. The molecule has 1 amide bonds. The molecule has 11 heteroatoms. The van der Waals surface area contributed by atoms with Crippen molar-refractivity contribution in [2.75, 3.05) is 17.3 Å². The third kappa shape index (κ3) is 5.48. The van der Waals surface area contributed by atoms with Gasteiger partial charge in [-0.15, -0.1) is 0 Å². The van der Waals surface area contributed by atoms with E-state index in [1.807, 2.05) is 74.2 Å². The summed E-state index contributed by atoms with van der Waals surface area (Å²) in [6.45, 7) is 5.63. The number of hydrogen-bond acceptors (Lipinski definition) is 7. The van der Waals surface area contributed by atoms with Gasteiger partial charge in [-0.1, -0.05) is 19.9 Å². The normalized spacial score (nSPS) is 16.5. The fraction of sp³-hybridized carbons (Fsp3) is 0.233. The monoisotopic (exact) mass is 571 g/mol. The molecule has 0 saturated carbocycles. The van der Waals surface area contributed by atoms with Crippen LogP contribution in [0.4, 0.5) is 17.1 Å². The van der Waals surface area contributed by atoms with Gasteiger partial charge in [-0.25, -0.2) is 0 Å².